The highest BCUT2D eigenvalue weighted by molar-refractivity contribution is 7.98. The number of hydrogen-bond donors (Lipinski definition) is 0. The van der Waals surface area contributed by atoms with Crippen molar-refractivity contribution in [3.63, 3.8) is 0 Å². The third-order valence-electron chi connectivity index (χ3n) is 5.05. The fraction of sp³-hybridized carbons (Fsp3) is 0.167. The summed E-state index contributed by atoms with van der Waals surface area (Å²) in [5.41, 5.74) is 4.16. The van der Waals surface area contributed by atoms with Gasteiger partial charge in [-0.05, 0) is 55.0 Å². The molecule has 0 aliphatic carbocycles. The lowest BCUT2D eigenvalue weighted by atomic mass is 10.1. The van der Waals surface area contributed by atoms with Crippen LogP contribution in [0, 0.1) is 5.82 Å². The minimum absolute atomic E-state index is 0.305. The minimum Gasteiger partial charge on any atom is -0.319 e. The minimum atomic E-state index is -3.33. The van der Waals surface area contributed by atoms with Crippen molar-refractivity contribution in [2.45, 2.75) is 29.3 Å². The average molecular weight is 468 g/mol. The fourth-order valence-corrected chi connectivity index (χ4v) is 5.68. The van der Waals surface area contributed by atoms with E-state index in [9.17, 15) is 12.8 Å². The number of rotatable bonds is 7. The molecule has 0 saturated heterocycles. The van der Waals surface area contributed by atoms with Crippen LogP contribution >= 0.6 is 11.8 Å². The smallest absolute Gasteiger partial charge is 0.175 e. The Morgan fingerprint density at radius 2 is 1.66 bits per heavy atom. The molecule has 2 aromatic heterocycles. The summed E-state index contributed by atoms with van der Waals surface area (Å²) in [6, 6.07) is 17.1. The largest absolute Gasteiger partial charge is 0.319 e. The molecule has 0 N–H and O–H groups in total. The summed E-state index contributed by atoms with van der Waals surface area (Å²) < 4.78 is 40.0. The first-order chi connectivity index (χ1) is 15.4. The lowest BCUT2D eigenvalue weighted by molar-refractivity contribution is 0.601. The van der Waals surface area contributed by atoms with Crippen LogP contribution < -0.4 is 0 Å². The van der Waals surface area contributed by atoms with Crippen molar-refractivity contribution in [3.8, 4) is 22.5 Å². The number of benzene rings is 2. The van der Waals surface area contributed by atoms with E-state index in [0.29, 0.717) is 17.2 Å². The summed E-state index contributed by atoms with van der Waals surface area (Å²) in [4.78, 5) is 9.34. The second-order valence-electron chi connectivity index (χ2n) is 7.25. The molecule has 4 aromatic rings. The van der Waals surface area contributed by atoms with Crippen molar-refractivity contribution in [2.24, 2.45) is 0 Å². The Balaban J connectivity index is 1.79. The monoisotopic (exact) mass is 467 g/mol. The van der Waals surface area contributed by atoms with Crippen LogP contribution in [0.3, 0.4) is 0 Å². The molecule has 8 heteroatoms. The quantitative estimate of drug-likeness (QED) is 0.337. The van der Waals surface area contributed by atoms with Crippen LogP contribution in [0.5, 0.6) is 0 Å². The molecule has 0 aliphatic rings. The normalized spacial score (nSPS) is 11.6. The van der Waals surface area contributed by atoms with Gasteiger partial charge in [-0.25, -0.2) is 17.8 Å². The maximum atomic E-state index is 13.5. The first-order valence-electron chi connectivity index (χ1n) is 10.1. The van der Waals surface area contributed by atoms with E-state index in [-0.39, 0.29) is 5.82 Å². The molecule has 0 fully saturated rings. The average Bonchev–Trinajstić information content (AvgIpc) is 3.17. The molecule has 4 rings (SSSR count). The number of aromatic nitrogens is 3. The van der Waals surface area contributed by atoms with Crippen molar-refractivity contribution in [2.75, 3.05) is 6.26 Å². The Labute approximate surface area is 191 Å². The molecule has 0 spiro atoms. The second kappa shape index (κ2) is 9.26. The van der Waals surface area contributed by atoms with E-state index in [1.54, 1.807) is 36.7 Å². The molecule has 2 heterocycles. The third kappa shape index (κ3) is 4.61. The van der Waals surface area contributed by atoms with Gasteiger partial charge in [0.15, 0.2) is 15.0 Å². The Kier molecular flexibility index (Phi) is 6.43. The van der Waals surface area contributed by atoms with Gasteiger partial charge in [0, 0.05) is 42.1 Å². The number of pyridine rings is 1. The maximum Gasteiger partial charge on any atom is 0.175 e. The van der Waals surface area contributed by atoms with Crippen molar-refractivity contribution < 1.29 is 12.8 Å². The zero-order valence-corrected chi connectivity index (χ0v) is 19.3. The van der Waals surface area contributed by atoms with Gasteiger partial charge in [-0.1, -0.05) is 30.0 Å². The van der Waals surface area contributed by atoms with Crippen LogP contribution in [-0.4, -0.2) is 29.2 Å². The van der Waals surface area contributed by atoms with Gasteiger partial charge in [0.2, 0.25) is 0 Å². The summed E-state index contributed by atoms with van der Waals surface area (Å²) in [6.45, 7) is 2.71. The second-order valence-corrected chi connectivity index (χ2v) is 10.2. The molecule has 0 unspecified atom stereocenters. The zero-order chi connectivity index (χ0) is 22.7. The molecule has 0 atom stereocenters. The lowest BCUT2D eigenvalue weighted by Crippen LogP contribution is -2.03. The van der Waals surface area contributed by atoms with E-state index in [1.807, 2.05) is 31.2 Å². The van der Waals surface area contributed by atoms with Crippen molar-refractivity contribution in [3.05, 3.63) is 84.4 Å². The van der Waals surface area contributed by atoms with Crippen LogP contribution in [0.15, 0.2) is 83.1 Å². The molecule has 2 aromatic carbocycles. The fourth-order valence-electron chi connectivity index (χ4n) is 3.57. The predicted octanol–water partition coefficient (Wildman–Crippen LogP) is 5.47. The molecule has 0 radical (unpaired) electrons. The Morgan fingerprint density at radius 1 is 0.969 bits per heavy atom. The molecule has 5 nitrogen and oxygen atoms in total. The van der Waals surface area contributed by atoms with Gasteiger partial charge < -0.3 is 4.57 Å². The van der Waals surface area contributed by atoms with E-state index >= 15 is 0 Å². The molecule has 164 valence electrons. The van der Waals surface area contributed by atoms with E-state index in [4.69, 9.17) is 4.98 Å². The molecule has 0 amide bonds. The third-order valence-corrected chi connectivity index (χ3v) is 7.27. The van der Waals surface area contributed by atoms with Crippen LogP contribution in [-0.2, 0) is 22.1 Å². The Hall–Kier alpha value is -2.97. The van der Waals surface area contributed by atoms with Crippen molar-refractivity contribution >= 4 is 21.6 Å². The van der Waals surface area contributed by atoms with Gasteiger partial charge in [-0.2, -0.15) is 0 Å². The maximum absolute atomic E-state index is 13.5. The van der Waals surface area contributed by atoms with E-state index < -0.39 is 9.84 Å². The number of hydrogen-bond acceptors (Lipinski definition) is 5. The SMILES string of the molecule is CCn1c(SCc2ccccc2S(C)(=O)=O)nc(-c2ccc(F)cc2)c1-c1ccncc1. The summed E-state index contributed by atoms with van der Waals surface area (Å²) in [5, 5.41) is 0.766. The summed E-state index contributed by atoms with van der Waals surface area (Å²) in [6.07, 6.45) is 4.68. The van der Waals surface area contributed by atoms with Gasteiger partial charge in [0.25, 0.3) is 0 Å². The van der Waals surface area contributed by atoms with Crippen molar-refractivity contribution in [1.82, 2.24) is 14.5 Å². The molecule has 32 heavy (non-hydrogen) atoms. The summed E-state index contributed by atoms with van der Waals surface area (Å²) >= 11 is 1.48. The zero-order valence-electron chi connectivity index (χ0n) is 17.7. The van der Waals surface area contributed by atoms with Crippen LogP contribution in [0.1, 0.15) is 12.5 Å². The highest BCUT2D eigenvalue weighted by atomic mass is 32.2. The summed E-state index contributed by atoms with van der Waals surface area (Å²) in [5.74, 6) is 0.153. The van der Waals surface area contributed by atoms with Gasteiger partial charge >= 0.3 is 0 Å². The van der Waals surface area contributed by atoms with Gasteiger partial charge in [-0.15, -0.1) is 0 Å². The van der Waals surface area contributed by atoms with E-state index in [2.05, 4.69) is 9.55 Å². The highest BCUT2D eigenvalue weighted by Gasteiger charge is 2.21. The standard InChI is InChI=1S/C24H22FN3O2S2/c1-3-28-23(18-12-14-26-15-13-18)22(17-8-10-20(25)11-9-17)27-24(28)31-16-19-6-4-5-7-21(19)32(2,29)30/h4-15H,3,16H2,1-2H3. The van der Waals surface area contributed by atoms with Gasteiger partial charge in [0.1, 0.15) is 5.82 Å². The first-order valence-corrected chi connectivity index (χ1v) is 12.9. The molecule has 0 bridgehead atoms. The predicted molar refractivity (Wildman–Crippen MR) is 126 cm³/mol. The highest BCUT2D eigenvalue weighted by Crippen LogP contribution is 2.37. The van der Waals surface area contributed by atoms with Crippen LogP contribution in [0.25, 0.3) is 22.5 Å². The number of halogens is 1. The number of sulfone groups is 1. The topological polar surface area (TPSA) is 64.8 Å². The van der Waals surface area contributed by atoms with E-state index in [1.165, 1.54) is 30.2 Å². The number of nitrogens with zero attached hydrogens (tertiary/aromatic N) is 3. The summed E-state index contributed by atoms with van der Waals surface area (Å²) in [7, 11) is -3.33. The molecule has 0 aliphatic heterocycles. The Bertz CT molecular complexity index is 1340. The Morgan fingerprint density at radius 3 is 2.31 bits per heavy atom. The molecular formula is C24H22FN3O2S2. The first kappa shape index (κ1) is 22.2. The van der Waals surface area contributed by atoms with Crippen molar-refractivity contribution in [1.29, 1.82) is 0 Å². The molecule has 0 saturated carbocycles. The van der Waals surface area contributed by atoms with E-state index in [0.717, 1.165) is 33.2 Å². The van der Waals surface area contributed by atoms with Crippen LogP contribution in [0.2, 0.25) is 0 Å². The molecular weight excluding hydrogens is 445 g/mol. The van der Waals surface area contributed by atoms with Gasteiger partial charge in [-0.3, -0.25) is 4.98 Å². The number of thioether (sulfide) groups is 1. The van der Waals surface area contributed by atoms with Crippen LogP contribution in [0.4, 0.5) is 4.39 Å². The van der Waals surface area contributed by atoms with Gasteiger partial charge in [0.05, 0.1) is 16.3 Å². The number of imidazole rings is 1. The lowest BCUT2D eigenvalue weighted by Gasteiger charge is -2.11.